The Labute approximate surface area is 117 Å². The summed E-state index contributed by atoms with van der Waals surface area (Å²) in [5, 5.41) is 11.2. The Hall–Kier alpha value is -1.51. The third kappa shape index (κ3) is 2.82. The molecule has 0 aromatic carbocycles. The molecule has 2 N–H and O–H groups in total. The van der Waals surface area contributed by atoms with Gasteiger partial charge in [0, 0.05) is 25.8 Å². The summed E-state index contributed by atoms with van der Waals surface area (Å²) in [4.78, 5) is 15.2. The molecule has 1 aliphatic rings. The third-order valence-corrected chi connectivity index (χ3v) is 5.58. The fourth-order valence-electron chi connectivity index (χ4n) is 2.17. The molecule has 0 bridgehead atoms. The van der Waals surface area contributed by atoms with E-state index >= 15 is 0 Å². The van der Waals surface area contributed by atoms with E-state index in [1.165, 1.54) is 13.1 Å². The fraction of sp³-hybridized carbons (Fsp3) is 0.500. The van der Waals surface area contributed by atoms with Crippen LogP contribution in [0.4, 0.5) is 0 Å². The molecule has 1 saturated heterocycles. The van der Waals surface area contributed by atoms with Crippen LogP contribution in [0.3, 0.4) is 0 Å². The lowest BCUT2D eigenvalue weighted by atomic mass is 10.2. The van der Waals surface area contributed by atoms with Gasteiger partial charge < -0.3 is 10.4 Å². The highest BCUT2D eigenvalue weighted by atomic mass is 32.2. The molecule has 0 amide bonds. The second-order valence-corrected chi connectivity index (χ2v) is 6.82. The van der Waals surface area contributed by atoms with E-state index in [4.69, 9.17) is 5.11 Å². The summed E-state index contributed by atoms with van der Waals surface area (Å²) in [5.74, 6) is -1.14. The molecule has 20 heavy (non-hydrogen) atoms. The van der Waals surface area contributed by atoms with Gasteiger partial charge >= 0.3 is 5.97 Å². The van der Waals surface area contributed by atoms with Crippen molar-refractivity contribution in [2.45, 2.75) is 18.2 Å². The predicted octanol–water partition coefficient (Wildman–Crippen LogP) is -0.169. The number of nitrogens with one attached hydrogen (secondary N) is 1. The van der Waals surface area contributed by atoms with Crippen molar-refractivity contribution in [3.63, 3.8) is 0 Å². The number of nitrogens with zero attached hydrogens (tertiary/aromatic N) is 2. The Bertz CT molecular complexity index is 576. The number of piperazine rings is 1. The average molecular weight is 299 g/mol. The number of carboxylic acid groups (broad SMARTS) is 1. The van der Waals surface area contributed by atoms with Crippen LogP contribution in [0.15, 0.2) is 24.4 Å². The number of pyridine rings is 1. The van der Waals surface area contributed by atoms with Crippen molar-refractivity contribution in [2.24, 2.45) is 0 Å². The summed E-state index contributed by atoms with van der Waals surface area (Å²) >= 11 is 0. The lowest BCUT2D eigenvalue weighted by Gasteiger charge is -2.34. The van der Waals surface area contributed by atoms with Crippen LogP contribution in [0, 0.1) is 0 Å². The number of carbonyl (C=O) groups is 1. The van der Waals surface area contributed by atoms with Crippen molar-refractivity contribution in [3.8, 4) is 0 Å². The summed E-state index contributed by atoms with van der Waals surface area (Å²) in [5.41, 5.74) is 0.412. The number of carboxylic acids is 1. The smallest absolute Gasteiger partial charge is 0.323 e. The Morgan fingerprint density at radius 1 is 1.55 bits per heavy atom. The highest BCUT2D eigenvalue weighted by Gasteiger charge is 2.40. The van der Waals surface area contributed by atoms with Crippen LogP contribution in [0.25, 0.3) is 0 Å². The maximum absolute atomic E-state index is 12.6. The van der Waals surface area contributed by atoms with Gasteiger partial charge in [-0.3, -0.25) is 9.78 Å². The van der Waals surface area contributed by atoms with Gasteiger partial charge in [0.25, 0.3) is 0 Å². The molecule has 1 fully saturated rings. The topological polar surface area (TPSA) is 99.6 Å². The molecule has 0 spiro atoms. The second-order valence-electron chi connectivity index (χ2n) is 4.61. The Morgan fingerprint density at radius 3 is 2.90 bits per heavy atom. The van der Waals surface area contributed by atoms with Crippen molar-refractivity contribution in [1.82, 2.24) is 14.6 Å². The van der Waals surface area contributed by atoms with Gasteiger partial charge in [0.1, 0.15) is 11.3 Å². The normalized spacial score (nSPS) is 22.4. The predicted molar refractivity (Wildman–Crippen MR) is 72.6 cm³/mol. The van der Waals surface area contributed by atoms with E-state index in [1.54, 1.807) is 18.2 Å². The molecule has 2 rings (SSSR count). The van der Waals surface area contributed by atoms with E-state index in [0.717, 1.165) is 4.31 Å². The Kier molecular flexibility index (Phi) is 4.36. The van der Waals surface area contributed by atoms with Crippen LogP contribution in [0.1, 0.15) is 17.9 Å². The third-order valence-electron chi connectivity index (χ3n) is 3.36. The van der Waals surface area contributed by atoms with E-state index in [1.807, 2.05) is 0 Å². The zero-order valence-electron chi connectivity index (χ0n) is 11.1. The standard InChI is InChI=1S/C12H17N3O4S/c1-9(10-4-2-3-5-14-10)20(18,19)15-7-6-13-8-11(15)12(16)17/h2-5,9,11,13H,6-8H2,1H3,(H,16,17). The second kappa shape index (κ2) is 5.86. The van der Waals surface area contributed by atoms with Gasteiger partial charge in [-0.05, 0) is 19.1 Å². The first-order valence-electron chi connectivity index (χ1n) is 6.29. The van der Waals surface area contributed by atoms with Gasteiger partial charge in [-0.25, -0.2) is 8.42 Å². The van der Waals surface area contributed by atoms with Crippen LogP contribution < -0.4 is 5.32 Å². The molecule has 8 heteroatoms. The first kappa shape index (κ1) is 14.9. The molecular weight excluding hydrogens is 282 g/mol. The number of aliphatic carboxylic acids is 1. The molecule has 0 radical (unpaired) electrons. The zero-order chi connectivity index (χ0) is 14.8. The molecule has 1 aliphatic heterocycles. The first-order chi connectivity index (χ1) is 9.44. The van der Waals surface area contributed by atoms with E-state index in [9.17, 15) is 13.2 Å². The van der Waals surface area contributed by atoms with Crippen molar-refractivity contribution in [1.29, 1.82) is 0 Å². The summed E-state index contributed by atoms with van der Waals surface area (Å²) in [6.07, 6.45) is 1.52. The SMILES string of the molecule is CC(c1ccccn1)S(=O)(=O)N1CCNCC1C(=O)O. The van der Waals surface area contributed by atoms with Crippen molar-refractivity contribution in [2.75, 3.05) is 19.6 Å². The van der Waals surface area contributed by atoms with Gasteiger partial charge in [0.2, 0.25) is 10.0 Å². The van der Waals surface area contributed by atoms with Gasteiger partial charge in [-0.15, -0.1) is 0 Å². The minimum absolute atomic E-state index is 0.115. The first-order valence-corrected chi connectivity index (χ1v) is 7.80. The lowest BCUT2D eigenvalue weighted by Crippen LogP contribution is -2.57. The zero-order valence-corrected chi connectivity index (χ0v) is 11.9. The van der Waals surface area contributed by atoms with Crippen LogP contribution in [-0.2, 0) is 14.8 Å². The molecular formula is C12H17N3O4S. The Morgan fingerprint density at radius 2 is 2.30 bits per heavy atom. The van der Waals surface area contributed by atoms with E-state index in [0.29, 0.717) is 12.2 Å². The molecule has 7 nitrogen and oxygen atoms in total. The summed E-state index contributed by atoms with van der Waals surface area (Å²) in [6, 6.07) is 3.97. The maximum atomic E-state index is 12.6. The van der Waals surface area contributed by atoms with E-state index < -0.39 is 27.3 Å². The molecule has 1 aromatic rings. The van der Waals surface area contributed by atoms with Gasteiger partial charge in [0.15, 0.2) is 0 Å². The number of aromatic nitrogens is 1. The molecule has 110 valence electrons. The van der Waals surface area contributed by atoms with Gasteiger partial charge in [-0.1, -0.05) is 6.07 Å². The summed E-state index contributed by atoms with van der Waals surface area (Å²) in [6.45, 7) is 2.23. The van der Waals surface area contributed by atoms with Crippen molar-refractivity contribution in [3.05, 3.63) is 30.1 Å². The maximum Gasteiger partial charge on any atom is 0.323 e. The molecule has 2 unspecified atom stereocenters. The highest BCUT2D eigenvalue weighted by molar-refractivity contribution is 7.89. The minimum Gasteiger partial charge on any atom is -0.480 e. The summed E-state index contributed by atoms with van der Waals surface area (Å²) in [7, 11) is -3.76. The monoisotopic (exact) mass is 299 g/mol. The van der Waals surface area contributed by atoms with E-state index in [2.05, 4.69) is 10.3 Å². The van der Waals surface area contributed by atoms with Gasteiger partial charge in [0.05, 0.1) is 5.69 Å². The molecule has 1 aromatic heterocycles. The number of hydrogen-bond acceptors (Lipinski definition) is 5. The van der Waals surface area contributed by atoms with Crippen molar-refractivity contribution >= 4 is 16.0 Å². The van der Waals surface area contributed by atoms with Crippen LogP contribution in [0.5, 0.6) is 0 Å². The average Bonchev–Trinajstić information content (AvgIpc) is 2.47. The van der Waals surface area contributed by atoms with Crippen molar-refractivity contribution < 1.29 is 18.3 Å². The van der Waals surface area contributed by atoms with Gasteiger partial charge in [-0.2, -0.15) is 4.31 Å². The molecule has 0 aliphatic carbocycles. The quantitative estimate of drug-likeness (QED) is 0.801. The molecule has 2 heterocycles. The summed E-state index contributed by atoms with van der Waals surface area (Å²) < 4.78 is 26.3. The number of rotatable bonds is 4. The van der Waals surface area contributed by atoms with Crippen LogP contribution in [-0.4, -0.2) is 54.5 Å². The highest BCUT2D eigenvalue weighted by Crippen LogP contribution is 2.25. The number of sulfonamides is 1. The molecule has 2 atom stereocenters. The molecule has 0 saturated carbocycles. The lowest BCUT2D eigenvalue weighted by molar-refractivity contribution is -0.141. The Balaban J connectivity index is 2.31. The van der Waals surface area contributed by atoms with Crippen LogP contribution in [0.2, 0.25) is 0 Å². The minimum atomic E-state index is -3.76. The van der Waals surface area contributed by atoms with E-state index in [-0.39, 0.29) is 13.1 Å². The largest absolute Gasteiger partial charge is 0.480 e. The van der Waals surface area contributed by atoms with Crippen LogP contribution >= 0.6 is 0 Å². The number of hydrogen-bond donors (Lipinski definition) is 2. The fourth-order valence-corrected chi connectivity index (χ4v) is 3.89.